The molecular weight excluding hydrogens is 270 g/mol. The number of pyridine rings is 1. The van der Waals surface area contributed by atoms with E-state index in [0.29, 0.717) is 4.99 Å². The van der Waals surface area contributed by atoms with Crippen molar-refractivity contribution in [3.8, 4) is 5.75 Å². The summed E-state index contributed by atoms with van der Waals surface area (Å²) in [7, 11) is 3.64. The lowest BCUT2D eigenvalue weighted by atomic mass is 10.2. The Kier molecular flexibility index (Phi) is 4.53. The normalized spacial score (nSPS) is 10.1. The van der Waals surface area contributed by atoms with Gasteiger partial charge in [0.1, 0.15) is 16.6 Å². The molecule has 4 nitrogen and oxygen atoms in total. The Morgan fingerprint density at radius 2 is 2.00 bits per heavy atom. The average molecular weight is 287 g/mol. The predicted molar refractivity (Wildman–Crippen MR) is 85.2 cm³/mol. The number of nitrogens with zero attached hydrogens (tertiary/aromatic N) is 2. The standard InChI is InChI=1S/C15H17N3OS/c1-18(10-11-3-5-13(19-2)6-4-11)14-9-12(15(16)20)7-8-17-14/h3-9H,10H2,1-2H3,(H2,16,20). The van der Waals surface area contributed by atoms with E-state index in [9.17, 15) is 0 Å². The molecule has 0 aliphatic heterocycles. The molecule has 0 saturated heterocycles. The summed E-state index contributed by atoms with van der Waals surface area (Å²) in [6.07, 6.45) is 1.72. The summed E-state index contributed by atoms with van der Waals surface area (Å²) in [6, 6.07) is 11.7. The maximum absolute atomic E-state index is 5.64. The van der Waals surface area contributed by atoms with Crippen LogP contribution in [0.3, 0.4) is 0 Å². The molecule has 0 unspecified atom stereocenters. The summed E-state index contributed by atoms with van der Waals surface area (Å²) in [5.74, 6) is 1.69. The molecule has 0 fully saturated rings. The van der Waals surface area contributed by atoms with Gasteiger partial charge in [0.15, 0.2) is 0 Å². The Morgan fingerprint density at radius 3 is 2.60 bits per heavy atom. The van der Waals surface area contributed by atoms with E-state index in [4.69, 9.17) is 22.7 Å². The average Bonchev–Trinajstić information content (AvgIpc) is 2.48. The van der Waals surface area contributed by atoms with Crippen molar-refractivity contribution in [1.82, 2.24) is 4.98 Å². The van der Waals surface area contributed by atoms with Crippen molar-refractivity contribution in [2.45, 2.75) is 6.54 Å². The molecule has 0 atom stereocenters. The van der Waals surface area contributed by atoms with Gasteiger partial charge in [0.05, 0.1) is 7.11 Å². The molecule has 0 aliphatic rings. The monoisotopic (exact) mass is 287 g/mol. The largest absolute Gasteiger partial charge is 0.497 e. The van der Waals surface area contributed by atoms with Crippen molar-refractivity contribution < 1.29 is 4.74 Å². The minimum absolute atomic E-state index is 0.381. The van der Waals surface area contributed by atoms with Gasteiger partial charge in [-0.15, -0.1) is 0 Å². The summed E-state index contributed by atoms with van der Waals surface area (Å²) < 4.78 is 5.15. The molecular formula is C15H17N3OS. The first-order valence-corrected chi connectivity index (χ1v) is 6.61. The van der Waals surface area contributed by atoms with Gasteiger partial charge in [-0.3, -0.25) is 0 Å². The molecule has 20 heavy (non-hydrogen) atoms. The summed E-state index contributed by atoms with van der Waals surface area (Å²) in [5, 5.41) is 0. The zero-order valence-corrected chi connectivity index (χ0v) is 12.4. The van der Waals surface area contributed by atoms with Crippen LogP contribution in [0.15, 0.2) is 42.6 Å². The van der Waals surface area contributed by atoms with Gasteiger partial charge in [0.2, 0.25) is 0 Å². The van der Waals surface area contributed by atoms with Gasteiger partial charge in [-0.25, -0.2) is 4.98 Å². The van der Waals surface area contributed by atoms with E-state index in [1.165, 1.54) is 5.56 Å². The van der Waals surface area contributed by atoms with Crippen LogP contribution in [0.25, 0.3) is 0 Å². The van der Waals surface area contributed by atoms with Gasteiger partial charge >= 0.3 is 0 Å². The second-order valence-electron chi connectivity index (χ2n) is 4.47. The van der Waals surface area contributed by atoms with Crippen LogP contribution in [0.5, 0.6) is 5.75 Å². The number of ether oxygens (including phenoxy) is 1. The number of benzene rings is 1. The first kappa shape index (κ1) is 14.3. The number of anilines is 1. The Labute approximate surface area is 124 Å². The molecule has 0 spiro atoms. The van der Waals surface area contributed by atoms with Crippen LogP contribution in [0.2, 0.25) is 0 Å². The first-order chi connectivity index (χ1) is 9.60. The fraction of sp³-hybridized carbons (Fsp3) is 0.200. The van der Waals surface area contributed by atoms with E-state index in [1.54, 1.807) is 13.3 Å². The minimum atomic E-state index is 0.381. The lowest BCUT2D eigenvalue weighted by molar-refractivity contribution is 0.414. The highest BCUT2D eigenvalue weighted by atomic mass is 32.1. The number of nitrogens with two attached hydrogens (primary N) is 1. The molecule has 0 saturated carbocycles. The predicted octanol–water partition coefficient (Wildman–Crippen LogP) is 2.36. The van der Waals surface area contributed by atoms with Gasteiger partial charge < -0.3 is 15.4 Å². The Morgan fingerprint density at radius 1 is 1.30 bits per heavy atom. The van der Waals surface area contributed by atoms with E-state index >= 15 is 0 Å². The van der Waals surface area contributed by atoms with E-state index in [0.717, 1.165) is 23.7 Å². The molecule has 0 aliphatic carbocycles. The van der Waals surface area contributed by atoms with Crippen molar-refractivity contribution >= 4 is 23.0 Å². The molecule has 1 aromatic carbocycles. The maximum atomic E-state index is 5.64. The summed E-state index contributed by atoms with van der Waals surface area (Å²) >= 11 is 4.98. The van der Waals surface area contributed by atoms with Gasteiger partial charge in [0.25, 0.3) is 0 Å². The molecule has 104 valence electrons. The van der Waals surface area contributed by atoms with Crippen LogP contribution < -0.4 is 15.4 Å². The molecule has 2 N–H and O–H groups in total. The third-order valence-corrected chi connectivity index (χ3v) is 3.24. The van der Waals surface area contributed by atoms with E-state index < -0.39 is 0 Å². The van der Waals surface area contributed by atoms with Gasteiger partial charge in [-0.1, -0.05) is 24.4 Å². The summed E-state index contributed by atoms with van der Waals surface area (Å²) in [4.78, 5) is 6.76. The fourth-order valence-electron chi connectivity index (χ4n) is 1.87. The second kappa shape index (κ2) is 6.34. The Hall–Kier alpha value is -2.14. The molecule has 2 aromatic rings. The van der Waals surface area contributed by atoms with Gasteiger partial charge in [-0.05, 0) is 29.8 Å². The van der Waals surface area contributed by atoms with Gasteiger partial charge in [0, 0.05) is 25.4 Å². The van der Waals surface area contributed by atoms with Crippen molar-refractivity contribution in [2.24, 2.45) is 5.73 Å². The topological polar surface area (TPSA) is 51.4 Å². The Balaban J connectivity index is 2.12. The maximum Gasteiger partial charge on any atom is 0.129 e. The molecule has 0 amide bonds. The molecule has 1 heterocycles. The van der Waals surface area contributed by atoms with Crippen LogP contribution in [0, 0.1) is 0 Å². The molecule has 0 radical (unpaired) electrons. The third-order valence-electron chi connectivity index (χ3n) is 3.00. The zero-order valence-electron chi connectivity index (χ0n) is 11.5. The van der Waals surface area contributed by atoms with Crippen molar-refractivity contribution in [2.75, 3.05) is 19.1 Å². The van der Waals surface area contributed by atoms with E-state index in [1.807, 2.05) is 48.3 Å². The number of hydrogen-bond donors (Lipinski definition) is 1. The summed E-state index contributed by atoms with van der Waals surface area (Å²) in [5.41, 5.74) is 7.64. The van der Waals surface area contributed by atoms with Crippen LogP contribution in [0.1, 0.15) is 11.1 Å². The third kappa shape index (κ3) is 3.45. The zero-order chi connectivity index (χ0) is 14.5. The number of aromatic nitrogens is 1. The smallest absolute Gasteiger partial charge is 0.129 e. The first-order valence-electron chi connectivity index (χ1n) is 6.20. The number of thiocarbonyl (C=S) groups is 1. The highest BCUT2D eigenvalue weighted by molar-refractivity contribution is 7.80. The van der Waals surface area contributed by atoms with E-state index in [2.05, 4.69) is 4.98 Å². The van der Waals surface area contributed by atoms with Crippen molar-refractivity contribution in [3.05, 3.63) is 53.7 Å². The lowest BCUT2D eigenvalue weighted by Gasteiger charge is -2.19. The summed E-state index contributed by atoms with van der Waals surface area (Å²) in [6.45, 7) is 0.748. The van der Waals surface area contributed by atoms with Crippen LogP contribution in [0.4, 0.5) is 5.82 Å². The van der Waals surface area contributed by atoms with Crippen LogP contribution >= 0.6 is 12.2 Å². The molecule has 5 heteroatoms. The minimum Gasteiger partial charge on any atom is -0.497 e. The SMILES string of the molecule is COc1ccc(CN(C)c2cc(C(N)=S)ccn2)cc1. The molecule has 0 bridgehead atoms. The van der Waals surface area contributed by atoms with Gasteiger partial charge in [-0.2, -0.15) is 0 Å². The quantitative estimate of drug-likeness (QED) is 0.856. The van der Waals surface area contributed by atoms with Crippen LogP contribution in [-0.2, 0) is 6.54 Å². The van der Waals surface area contributed by atoms with Crippen molar-refractivity contribution in [3.63, 3.8) is 0 Å². The fourth-order valence-corrected chi connectivity index (χ4v) is 1.99. The van der Waals surface area contributed by atoms with Crippen LogP contribution in [-0.4, -0.2) is 24.1 Å². The number of rotatable bonds is 5. The number of hydrogen-bond acceptors (Lipinski definition) is 4. The lowest BCUT2D eigenvalue weighted by Crippen LogP contribution is -2.19. The van der Waals surface area contributed by atoms with Crippen molar-refractivity contribution in [1.29, 1.82) is 0 Å². The highest BCUT2D eigenvalue weighted by Gasteiger charge is 2.06. The van der Waals surface area contributed by atoms with E-state index in [-0.39, 0.29) is 0 Å². The highest BCUT2D eigenvalue weighted by Crippen LogP contribution is 2.16. The second-order valence-corrected chi connectivity index (χ2v) is 4.91. The molecule has 1 aromatic heterocycles. The Bertz CT molecular complexity index is 598. The molecule has 2 rings (SSSR count). The number of methoxy groups -OCH3 is 1.